The number of rotatable bonds is 5. The Balaban J connectivity index is 3.17. The molecule has 0 aromatic carbocycles. The van der Waals surface area contributed by atoms with E-state index in [1.165, 1.54) is 0 Å². The molecule has 5 atom stereocenters. The Morgan fingerprint density at radius 1 is 0.875 bits per heavy atom. The molecule has 0 saturated carbocycles. The first-order valence-electron chi connectivity index (χ1n) is 9.34. The average Bonchev–Trinajstić information content (AvgIpc) is 2.69. The van der Waals surface area contributed by atoms with Gasteiger partial charge in [0.25, 0.3) is 0 Å². The van der Waals surface area contributed by atoms with Gasteiger partial charge in [0.2, 0.25) is 0 Å². The molecule has 136 valence electrons. The minimum Gasteiger partial charge on any atom is -0.463 e. The molecule has 1 rings (SSSR count). The fourth-order valence-electron chi connectivity index (χ4n) is 2.06. The lowest BCUT2D eigenvalue weighted by Crippen LogP contribution is -2.61. The Bertz CT molecular complexity index is 579. The van der Waals surface area contributed by atoms with E-state index in [0.29, 0.717) is 0 Å². The highest BCUT2D eigenvalue weighted by Gasteiger charge is 2.51. The lowest BCUT2D eigenvalue weighted by Gasteiger charge is -2.42. The molecule has 0 aromatic heterocycles. The van der Waals surface area contributed by atoms with E-state index in [0.717, 1.165) is 0 Å². The van der Waals surface area contributed by atoms with E-state index in [9.17, 15) is 19.2 Å². The molecule has 0 N–H and O–H groups in total. The molecule has 1 fully saturated rings. The van der Waals surface area contributed by atoms with E-state index >= 15 is 0 Å². The number of thiol groups is 1. The minimum absolute atomic E-state index is 0.501. The highest BCUT2D eigenvalue weighted by atomic mass is 32.1. The maximum atomic E-state index is 11.7. The van der Waals surface area contributed by atoms with Gasteiger partial charge in [-0.3, -0.25) is 19.2 Å². The molecule has 1 heterocycles. The van der Waals surface area contributed by atoms with Gasteiger partial charge in [-0.2, -0.15) is 0 Å². The number of ether oxygens (including phenoxy) is 5. The van der Waals surface area contributed by atoms with Gasteiger partial charge in [0.1, 0.15) is 18.1 Å². The van der Waals surface area contributed by atoms with Crippen molar-refractivity contribution < 1.29 is 48.3 Å². The second-order valence-electron chi connectivity index (χ2n) is 4.61. The van der Waals surface area contributed by atoms with Crippen LogP contribution in [0.25, 0.3) is 0 Å². The van der Waals surface area contributed by atoms with Crippen molar-refractivity contribution in [2.24, 2.45) is 0 Å². The average molecular weight is 368 g/mol. The molecule has 0 aromatic rings. The summed E-state index contributed by atoms with van der Waals surface area (Å²) in [7, 11) is 0. The molecule has 9 nitrogen and oxygen atoms in total. The third kappa shape index (κ3) is 6.00. The zero-order valence-electron chi connectivity index (χ0n) is 16.5. The van der Waals surface area contributed by atoms with Crippen molar-refractivity contribution in [3.05, 3.63) is 0 Å². The van der Waals surface area contributed by atoms with Crippen molar-refractivity contribution >= 4 is 36.5 Å². The molecule has 0 radical (unpaired) electrons. The minimum atomic E-state index is -1.49. The summed E-state index contributed by atoms with van der Waals surface area (Å²) in [4.78, 5) is 46.1. The molecular formula is C14H20O9S. The quantitative estimate of drug-likeness (QED) is 0.407. The maximum absolute atomic E-state index is 11.7. The summed E-state index contributed by atoms with van der Waals surface area (Å²) < 4.78 is 53.6. The van der Waals surface area contributed by atoms with E-state index in [-0.39, 0.29) is 0 Å². The number of hydrogen-bond acceptors (Lipinski definition) is 10. The van der Waals surface area contributed by atoms with Gasteiger partial charge in [-0.15, -0.1) is 12.6 Å². The van der Waals surface area contributed by atoms with E-state index in [2.05, 4.69) is 12.6 Å². The molecule has 1 unspecified atom stereocenters. The second-order valence-corrected chi connectivity index (χ2v) is 5.12. The van der Waals surface area contributed by atoms with Crippen LogP contribution in [0.1, 0.15) is 33.1 Å². The van der Waals surface area contributed by atoms with E-state index in [1.54, 1.807) is 0 Å². The molecule has 1 saturated heterocycles. The smallest absolute Gasteiger partial charge is 0.303 e. The van der Waals surface area contributed by atoms with E-state index in [4.69, 9.17) is 29.2 Å². The summed E-state index contributed by atoms with van der Waals surface area (Å²) in [5, 5.41) is 0. The topological polar surface area (TPSA) is 114 Å². The third-order valence-corrected chi connectivity index (χ3v) is 3.24. The SMILES string of the molecule is [2H]CC(=O)OC[C@H]1OC(S)[C@H](OC(=O)C[2H])[C@@H](OC(=O)C[2H])[C@H]1OC(=O)C[2H]. The maximum Gasteiger partial charge on any atom is 0.303 e. The molecule has 1 aliphatic rings. The summed E-state index contributed by atoms with van der Waals surface area (Å²) in [5.41, 5.74) is -1.22. The second kappa shape index (κ2) is 8.88. The normalized spacial score (nSPS) is 31.5. The first-order valence-corrected chi connectivity index (χ1v) is 7.03. The van der Waals surface area contributed by atoms with Crippen LogP contribution < -0.4 is 0 Å². The number of esters is 4. The molecule has 10 heteroatoms. The van der Waals surface area contributed by atoms with Gasteiger partial charge in [0.15, 0.2) is 18.3 Å². The van der Waals surface area contributed by atoms with Crippen LogP contribution in [0.3, 0.4) is 0 Å². The lowest BCUT2D eigenvalue weighted by atomic mass is 9.99. The van der Waals surface area contributed by atoms with E-state index < -0.39 is 87.9 Å². The van der Waals surface area contributed by atoms with Crippen LogP contribution in [-0.2, 0) is 42.9 Å². The predicted octanol–water partition coefficient (Wildman–Crippen LogP) is -0.000700. The van der Waals surface area contributed by atoms with Crippen LogP contribution in [0.5, 0.6) is 0 Å². The van der Waals surface area contributed by atoms with Crippen molar-refractivity contribution in [1.82, 2.24) is 0 Å². The monoisotopic (exact) mass is 368 g/mol. The summed E-state index contributed by atoms with van der Waals surface area (Å²) >= 11 is 4.11. The third-order valence-electron chi connectivity index (χ3n) is 2.82. The summed E-state index contributed by atoms with van der Waals surface area (Å²) in [5.74, 6) is -3.95. The van der Waals surface area contributed by atoms with Crippen molar-refractivity contribution in [3.8, 4) is 0 Å². The van der Waals surface area contributed by atoms with E-state index in [1.807, 2.05) is 0 Å². The largest absolute Gasteiger partial charge is 0.463 e. The van der Waals surface area contributed by atoms with Gasteiger partial charge in [-0.05, 0) is 0 Å². The Labute approximate surface area is 149 Å². The summed E-state index contributed by atoms with van der Waals surface area (Å²) in [6.07, 6.45) is -5.56. The first kappa shape index (κ1) is 14.5. The molecule has 0 aliphatic carbocycles. The Kier molecular flexibility index (Phi) is 5.37. The predicted molar refractivity (Wildman–Crippen MR) is 80.9 cm³/mol. The van der Waals surface area contributed by atoms with Gasteiger partial charge in [-0.1, -0.05) is 0 Å². The Hall–Kier alpha value is -1.81. The van der Waals surface area contributed by atoms with Crippen molar-refractivity contribution in [1.29, 1.82) is 0 Å². The lowest BCUT2D eigenvalue weighted by molar-refractivity contribution is -0.237. The number of hydrogen-bond donors (Lipinski definition) is 1. The van der Waals surface area contributed by atoms with Gasteiger partial charge in [-0.25, -0.2) is 0 Å². The molecule has 1 aliphatic heterocycles. The molecule has 24 heavy (non-hydrogen) atoms. The van der Waals surface area contributed by atoms with Crippen molar-refractivity contribution in [3.63, 3.8) is 0 Å². The van der Waals surface area contributed by atoms with Crippen LogP contribution >= 0.6 is 12.6 Å². The zero-order valence-corrected chi connectivity index (χ0v) is 13.4. The summed E-state index contributed by atoms with van der Waals surface area (Å²) in [6, 6.07) is 0. The van der Waals surface area contributed by atoms with Crippen molar-refractivity contribution in [2.75, 3.05) is 6.61 Å². The Morgan fingerprint density at radius 2 is 1.38 bits per heavy atom. The van der Waals surface area contributed by atoms with Crippen LogP contribution in [0.2, 0.25) is 0 Å². The van der Waals surface area contributed by atoms with Crippen LogP contribution in [0.15, 0.2) is 0 Å². The Morgan fingerprint density at radius 3 is 1.92 bits per heavy atom. The van der Waals surface area contributed by atoms with Gasteiger partial charge in [0.05, 0.1) is 0 Å². The fraction of sp³-hybridized carbons (Fsp3) is 0.714. The highest BCUT2D eigenvalue weighted by molar-refractivity contribution is 7.80. The van der Waals surface area contributed by atoms with Crippen LogP contribution in [0, 0.1) is 0 Å². The van der Waals surface area contributed by atoms with Crippen LogP contribution in [0.4, 0.5) is 0 Å². The molecule has 0 amide bonds. The fourth-order valence-corrected chi connectivity index (χ4v) is 2.45. The number of carbonyl (C=O) groups is 4. The van der Waals surface area contributed by atoms with Gasteiger partial charge < -0.3 is 23.7 Å². The highest BCUT2D eigenvalue weighted by Crippen LogP contribution is 2.30. The first-order chi connectivity index (χ1) is 13.3. The van der Waals surface area contributed by atoms with Crippen molar-refractivity contribution in [2.45, 2.75) is 57.5 Å². The summed E-state index contributed by atoms with van der Waals surface area (Å²) in [6.45, 7) is -3.49. The zero-order chi connectivity index (χ0) is 21.3. The molecule has 0 bridgehead atoms. The molecular weight excluding hydrogens is 344 g/mol. The van der Waals surface area contributed by atoms with Gasteiger partial charge >= 0.3 is 23.9 Å². The molecule has 0 spiro atoms. The standard InChI is InChI=1S/C14H20O9S/c1-6(15)19-5-10-11(20-7(2)16)12(21-8(3)17)13(14(24)23-10)22-9(4)18/h10-14,24H,5H2,1-4H3/t10-,11+,12+,13-,14?/m1/s1/i1D,2D,3D,4D. The van der Waals surface area contributed by atoms with Gasteiger partial charge in [0, 0.05) is 33.1 Å². The number of carbonyl (C=O) groups excluding carboxylic acids is 4. The van der Waals surface area contributed by atoms with Crippen LogP contribution in [-0.4, -0.2) is 60.3 Å².